The molecule has 0 radical (unpaired) electrons. The summed E-state index contributed by atoms with van der Waals surface area (Å²) in [5.41, 5.74) is 1.12. The predicted molar refractivity (Wildman–Crippen MR) is 78.6 cm³/mol. The number of rotatable bonds is 2. The van der Waals surface area contributed by atoms with Crippen LogP contribution in [-0.2, 0) is 11.3 Å². The summed E-state index contributed by atoms with van der Waals surface area (Å²) in [6.45, 7) is 2.82. The Balaban J connectivity index is 1.63. The molecule has 20 heavy (non-hydrogen) atoms. The van der Waals surface area contributed by atoms with Gasteiger partial charge in [0.1, 0.15) is 5.82 Å². The van der Waals surface area contributed by atoms with Crippen LogP contribution in [0.3, 0.4) is 0 Å². The number of fused-ring (bicyclic) bond motifs is 1. The highest BCUT2D eigenvalue weighted by atomic mass is 79.9. The molecule has 1 aromatic rings. The number of hydrogen-bond acceptors (Lipinski definition) is 2. The average Bonchev–Trinajstić information content (AvgIpc) is 2.42. The van der Waals surface area contributed by atoms with Crippen molar-refractivity contribution < 1.29 is 9.18 Å². The summed E-state index contributed by atoms with van der Waals surface area (Å²) in [6, 6.07) is 5.22. The summed E-state index contributed by atoms with van der Waals surface area (Å²) in [4.78, 5) is 13.8. The molecule has 108 valence electrons. The minimum absolute atomic E-state index is 0.195. The Labute approximate surface area is 126 Å². The quantitative estimate of drug-likeness (QED) is 0.897. The SMILES string of the molecule is O=C1CCC2CN(Cc3ccc(F)cc3Br)CCC2N1. The van der Waals surface area contributed by atoms with Crippen LogP contribution in [0.5, 0.6) is 0 Å². The lowest BCUT2D eigenvalue weighted by Gasteiger charge is -2.41. The first kappa shape index (κ1) is 14.0. The molecule has 3 nitrogen and oxygen atoms in total. The van der Waals surface area contributed by atoms with Crippen molar-refractivity contribution in [1.29, 1.82) is 0 Å². The number of likely N-dealkylation sites (tertiary alicyclic amines) is 1. The zero-order chi connectivity index (χ0) is 14.1. The fourth-order valence-corrected chi connectivity index (χ4v) is 3.70. The van der Waals surface area contributed by atoms with E-state index in [-0.39, 0.29) is 11.7 Å². The molecule has 5 heteroatoms. The molecule has 0 spiro atoms. The zero-order valence-corrected chi connectivity index (χ0v) is 12.8. The molecule has 2 unspecified atom stereocenters. The van der Waals surface area contributed by atoms with E-state index in [0.29, 0.717) is 18.4 Å². The van der Waals surface area contributed by atoms with Crippen molar-refractivity contribution >= 4 is 21.8 Å². The van der Waals surface area contributed by atoms with Crippen molar-refractivity contribution in [3.63, 3.8) is 0 Å². The van der Waals surface area contributed by atoms with Crippen LogP contribution in [-0.4, -0.2) is 29.9 Å². The Morgan fingerprint density at radius 2 is 2.25 bits per heavy atom. The number of carbonyl (C=O) groups is 1. The molecule has 1 N–H and O–H groups in total. The van der Waals surface area contributed by atoms with Gasteiger partial charge in [0.25, 0.3) is 0 Å². The standard InChI is InChI=1S/C15H18BrFN2O/c16-13-7-12(17)3-1-10(13)8-19-6-5-14-11(9-19)2-4-15(20)18-14/h1,3,7,11,14H,2,4-6,8-9H2,(H,18,20). The van der Waals surface area contributed by atoms with E-state index < -0.39 is 0 Å². The number of benzene rings is 1. The van der Waals surface area contributed by atoms with Crippen molar-refractivity contribution in [2.24, 2.45) is 5.92 Å². The number of nitrogens with one attached hydrogen (secondary N) is 1. The average molecular weight is 341 g/mol. The Morgan fingerprint density at radius 3 is 3.05 bits per heavy atom. The molecule has 2 atom stereocenters. The lowest BCUT2D eigenvalue weighted by molar-refractivity contribution is -0.125. The fourth-order valence-electron chi connectivity index (χ4n) is 3.22. The third kappa shape index (κ3) is 3.04. The van der Waals surface area contributed by atoms with Gasteiger partial charge in [-0.1, -0.05) is 22.0 Å². The Kier molecular flexibility index (Phi) is 4.08. The lowest BCUT2D eigenvalue weighted by atomic mass is 9.85. The number of nitrogens with zero attached hydrogens (tertiary/aromatic N) is 1. The lowest BCUT2D eigenvalue weighted by Crippen LogP contribution is -2.53. The maximum Gasteiger partial charge on any atom is 0.220 e. The molecule has 0 aliphatic carbocycles. The second kappa shape index (κ2) is 5.82. The minimum Gasteiger partial charge on any atom is -0.353 e. The first-order valence-corrected chi connectivity index (χ1v) is 7.87. The highest BCUT2D eigenvalue weighted by molar-refractivity contribution is 9.10. The van der Waals surface area contributed by atoms with Gasteiger partial charge in [0.2, 0.25) is 5.91 Å². The molecule has 0 saturated carbocycles. The van der Waals surface area contributed by atoms with Gasteiger partial charge >= 0.3 is 0 Å². The number of hydrogen-bond donors (Lipinski definition) is 1. The number of halogens is 2. The molecule has 1 amide bonds. The summed E-state index contributed by atoms with van der Waals surface area (Å²) in [5.74, 6) is 0.538. The van der Waals surface area contributed by atoms with Crippen LogP contribution in [0, 0.1) is 11.7 Å². The zero-order valence-electron chi connectivity index (χ0n) is 11.2. The van der Waals surface area contributed by atoms with E-state index >= 15 is 0 Å². The monoisotopic (exact) mass is 340 g/mol. The van der Waals surface area contributed by atoms with Gasteiger partial charge in [-0.2, -0.15) is 0 Å². The van der Waals surface area contributed by atoms with Gasteiger partial charge in [0.05, 0.1) is 0 Å². The molecule has 0 bridgehead atoms. The van der Waals surface area contributed by atoms with Gasteiger partial charge in [0, 0.05) is 36.6 Å². The van der Waals surface area contributed by atoms with Crippen molar-refractivity contribution in [3.05, 3.63) is 34.1 Å². The van der Waals surface area contributed by atoms with E-state index in [9.17, 15) is 9.18 Å². The first-order chi connectivity index (χ1) is 9.61. The number of amides is 1. The van der Waals surface area contributed by atoms with Crippen molar-refractivity contribution in [3.8, 4) is 0 Å². The van der Waals surface area contributed by atoms with Crippen LogP contribution >= 0.6 is 15.9 Å². The molecule has 2 aliphatic heterocycles. The van der Waals surface area contributed by atoms with Gasteiger partial charge in [-0.05, 0) is 36.5 Å². The van der Waals surface area contributed by atoms with Gasteiger partial charge in [0.15, 0.2) is 0 Å². The predicted octanol–water partition coefficient (Wildman–Crippen LogP) is 2.69. The second-order valence-electron chi connectivity index (χ2n) is 5.73. The summed E-state index contributed by atoms with van der Waals surface area (Å²) >= 11 is 3.43. The van der Waals surface area contributed by atoms with E-state index in [2.05, 4.69) is 26.1 Å². The first-order valence-electron chi connectivity index (χ1n) is 7.07. The highest BCUT2D eigenvalue weighted by Crippen LogP contribution is 2.27. The van der Waals surface area contributed by atoms with Gasteiger partial charge in [-0.3, -0.25) is 9.69 Å². The molecule has 2 aliphatic rings. The Bertz CT molecular complexity index is 523. The molecule has 2 saturated heterocycles. The van der Waals surface area contributed by atoms with E-state index in [1.165, 1.54) is 12.1 Å². The molecule has 2 fully saturated rings. The molecule has 2 heterocycles. The molecule has 3 rings (SSSR count). The van der Waals surface area contributed by atoms with Crippen LogP contribution in [0.4, 0.5) is 4.39 Å². The van der Waals surface area contributed by atoms with Gasteiger partial charge in [-0.25, -0.2) is 4.39 Å². The smallest absolute Gasteiger partial charge is 0.220 e. The van der Waals surface area contributed by atoms with Gasteiger partial charge in [-0.15, -0.1) is 0 Å². The van der Waals surface area contributed by atoms with Crippen LogP contribution in [0.15, 0.2) is 22.7 Å². The normalized spacial score (nSPS) is 27.0. The topological polar surface area (TPSA) is 32.3 Å². The summed E-state index contributed by atoms with van der Waals surface area (Å²) in [5, 5.41) is 3.10. The van der Waals surface area contributed by atoms with Gasteiger partial charge < -0.3 is 5.32 Å². The molecule has 1 aromatic carbocycles. The largest absolute Gasteiger partial charge is 0.353 e. The molecular weight excluding hydrogens is 323 g/mol. The second-order valence-corrected chi connectivity index (χ2v) is 6.59. The van der Waals surface area contributed by atoms with Crippen molar-refractivity contribution in [2.45, 2.75) is 31.8 Å². The highest BCUT2D eigenvalue weighted by Gasteiger charge is 2.33. The Hall–Kier alpha value is -0.940. The third-order valence-corrected chi connectivity index (χ3v) is 5.05. The van der Waals surface area contributed by atoms with Crippen LogP contribution in [0.1, 0.15) is 24.8 Å². The summed E-state index contributed by atoms with van der Waals surface area (Å²) in [6.07, 6.45) is 2.64. The van der Waals surface area contributed by atoms with Crippen LogP contribution in [0.25, 0.3) is 0 Å². The Morgan fingerprint density at radius 1 is 1.40 bits per heavy atom. The molecule has 0 aromatic heterocycles. The van der Waals surface area contributed by atoms with E-state index in [0.717, 1.165) is 42.5 Å². The number of piperidine rings is 2. The van der Waals surface area contributed by atoms with Crippen LogP contribution < -0.4 is 5.32 Å². The minimum atomic E-state index is -0.214. The van der Waals surface area contributed by atoms with E-state index in [1.807, 2.05) is 6.07 Å². The van der Waals surface area contributed by atoms with Crippen molar-refractivity contribution in [2.75, 3.05) is 13.1 Å². The maximum absolute atomic E-state index is 13.1. The van der Waals surface area contributed by atoms with E-state index in [1.54, 1.807) is 0 Å². The van der Waals surface area contributed by atoms with Crippen molar-refractivity contribution in [1.82, 2.24) is 10.2 Å². The summed E-state index contributed by atoms with van der Waals surface area (Å²) < 4.78 is 13.9. The molecular formula is C15H18BrFN2O. The fraction of sp³-hybridized carbons (Fsp3) is 0.533. The summed E-state index contributed by atoms with van der Waals surface area (Å²) in [7, 11) is 0. The maximum atomic E-state index is 13.1. The van der Waals surface area contributed by atoms with E-state index in [4.69, 9.17) is 0 Å². The number of carbonyl (C=O) groups excluding carboxylic acids is 1. The van der Waals surface area contributed by atoms with Crippen LogP contribution in [0.2, 0.25) is 0 Å². The third-order valence-electron chi connectivity index (χ3n) is 4.32.